The van der Waals surface area contributed by atoms with Gasteiger partial charge in [-0.1, -0.05) is 19.8 Å². The first-order valence-electron chi connectivity index (χ1n) is 3.70. The van der Waals surface area contributed by atoms with E-state index >= 15 is 0 Å². The van der Waals surface area contributed by atoms with Crippen LogP contribution >= 0.6 is 22.6 Å². The molecule has 66 valence electrons. The number of alkyl halides is 1. The van der Waals surface area contributed by atoms with Gasteiger partial charge in [0, 0.05) is 0 Å². The highest BCUT2D eigenvalue weighted by Crippen LogP contribution is 2.00. The molecule has 0 amide bonds. The van der Waals surface area contributed by atoms with Gasteiger partial charge in [0.25, 0.3) is 0 Å². The number of nitrogens with two attached hydrogens (primary N) is 1. The second-order valence-corrected chi connectivity index (χ2v) is 2.94. The van der Waals surface area contributed by atoms with E-state index in [-0.39, 0.29) is 5.97 Å². The summed E-state index contributed by atoms with van der Waals surface area (Å²) in [7, 11) is 0. The molecule has 0 aromatic rings. The van der Waals surface area contributed by atoms with E-state index in [1.165, 1.54) is 0 Å². The van der Waals surface area contributed by atoms with Gasteiger partial charge in [-0.3, -0.25) is 4.79 Å². The van der Waals surface area contributed by atoms with Crippen molar-refractivity contribution >= 4 is 28.6 Å². The fourth-order valence-electron chi connectivity index (χ4n) is 0.703. The summed E-state index contributed by atoms with van der Waals surface area (Å²) in [4.78, 5) is 10.9. The van der Waals surface area contributed by atoms with Gasteiger partial charge in [-0.15, -0.1) is 0 Å². The second-order valence-electron chi connectivity index (χ2n) is 2.32. The zero-order chi connectivity index (χ0) is 8.69. The molecule has 0 bridgehead atoms. The first-order valence-corrected chi connectivity index (χ1v) is 5.23. The minimum atomic E-state index is -0.426. The maximum atomic E-state index is 10.9. The topological polar surface area (TPSA) is 52.3 Å². The molecule has 3 nitrogen and oxygen atoms in total. The zero-order valence-corrected chi connectivity index (χ0v) is 8.84. The smallest absolute Gasteiger partial charge is 0.323 e. The van der Waals surface area contributed by atoms with Crippen molar-refractivity contribution in [1.29, 1.82) is 0 Å². The molecule has 0 fully saturated rings. The Kier molecular flexibility index (Phi) is 6.94. The van der Waals surface area contributed by atoms with Crippen molar-refractivity contribution < 1.29 is 9.53 Å². The van der Waals surface area contributed by atoms with Crippen molar-refractivity contribution in [3.63, 3.8) is 0 Å². The Morgan fingerprint density at radius 3 is 2.82 bits per heavy atom. The molecular formula is C7H14INO2. The fraction of sp³-hybridized carbons (Fsp3) is 0.857. The van der Waals surface area contributed by atoms with E-state index < -0.39 is 6.04 Å². The lowest BCUT2D eigenvalue weighted by molar-refractivity contribution is -0.142. The van der Waals surface area contributed by atoms with E-state index in [9.17, 15) is 4.79 Å². The summed E-state index contributed by atoms with van der Waals surface area (Å²) in [6.07, 6.45) is 2.77. The number of esters is 1. The van der Waals surface area contributed by atoms with E-state index in [0.717, 1.165) is 19.3 Å². The Bertz CT molecular complexity index is 119. The van der Waals surface area contributed by atoms with E-state index in [1.807, 2.05) is 22.6 Å². The molecule has 0 aliphatic heterocycles. The third kappa shape index (κ3) is 5.43. The monoisotopic (exact) mass is 271 g/mol. The average Bonchev–Trinajstić information content (AvgIpc) is 2.00. The standard InChI is InChI=1S/C7H14INO2/c1-2-3-4-6(9)7(10)11-5-8/h6H,2-5,9H2,1H3. The highest BCUT2D eigenvalue weighted by Gasteiger charge is 2.12. The molecule has 11 heavy (non-hydrogen) atoms. The Morgan fingerprint density at radius 2 is 2.36 bits per heavy atom. The lowest BCUT2D eigenvalue weighted by Crippen LogP contribution is -2.31. The number of hydrogen-bond donors (Lipinski definition) is 1. The van der Waals surface area contributed by atoms with Gasteiger partial charge in [0.15, 0.2) is 0 Å². The van der Waals surface area contributed by atoms with Crippen molar-refractivity contribution in [3.05, 3.63) is 0 Å². The number of rotatable bonds is 5. The number of ether oxygens (including phenoxy) is 1. The number of hydrogen-bond acceptors (Lipinski definition) is 3. The molecule has 0 aliphatic carbocycles. The predicted molar refractivity (Wildman–Crippen MR) is 52.5 cm³/mol. The summed E-state index contributed by atoms with van der Waals surface area (Å²) in [5, 5.41) is 0. The van der Waals surface area contributed by atoms with Crippen LogP contribution in [0.25, 0.3) is 0 Å². The molecular weight excluding hydrogens is 257 g/mol. The van der Waals surface area contributed by atoms with Crippen molar-refractivity contribution in [3.8, 4) is 0 Å². The third-order valence-corrected chi connectivity index (χ3v) is 1.68. The molecule has 0 saturated heterocycles. The summed E-state index contributed by atoms with van der Waals surface area (Å²) in [6, 6.07) is -0.426. The molecule has 0 spiro atoms. The molecule has 1 unspecified atom stereocenters. The molecule has 0 saturated carbocycles. The van der Waals surface area contributed by atoms with E-state index in [0.29, 0.717) is 4.61 Å². The van der Waals surface area contributed by atoms with Gasteiger partial charge in [0.2, 0.25) is 0 Å². The van der Waals surface area contributed by atoms with Crippen molar-refractivity contribution in [1.82, 2.24) is 0 Å². The van der Waals surface area contributed by atoms with E-state index in [4.69, 9.17) is 10.5 Å². The number of unbranched alkanes of at least 4 members (excludes halogenated alkanes) is 1. The molecule has 0 aromatic heterocycles. The normalized spacial score (nSPS) is 12.6. The zero-order valence-electron chi connectivity index (χ0n) is 6.68. The lowest BCUT2D eigenvalue weighted by atomic mass is 10.1. The Labute approximate surface area is 80.8 Å². The van der Waals surface area contributed by atoms with Crippen LogP contribution in [-0.4, -0.2) is 16.6 Å². The summed E-state index contributed by atoms with van der Waals surface area (Å²) in [6.45, 7) is 2.07. The number of carbonyl (C=O) groups is 1. The average molecular weight is 271 g/mol. The van der Waals surface area contributed by atoms with Crippen LogP contribution in [-0.2, 0) is 9.53 Å². The van der Waals surface area contributed by atoms with Crippen LogP contribution in [0.15, 0.2) is 0 Å². The molecule has 0 aromatic carbocycles. The van der Waals surface area contributed by atoms with Gasteiger partial charge in [-0.05, 0) is 29.0 Å². The summed E-state index contributed by atoms with van der Waals surface area (Å²) in [5.74, 6) is -0.284. The Morgan fingerprint density at radius 1 is 1.73 bits per heavy atom. The van der Waals surface area contributed by atoms with Crippen LogP contribution in [0, 0.1) is 0 Å². The summed E-state index contributed by atoms with van der Waals surface area (Å²) in [5.41, 5.74) is 5.51. The molecule has 0 rings (SSSR count). The van der Waals surface area contributed by atoms with Crippen molar-refractivity contribution in [2.24, 2.45) is 5.73 Å². The van der Waals surface area contributed by atoms with E-state index in [1.54, 1.807) is 0 Å². The largest absolute Gasteiger partial charge is 0.454 e. The summed E-state index contributed by atoms with van der Waals surface area (Å²) >= 11 is 1.98. The van der Waals surface area contributed by atoms with Gasteiger partial charge in [0.05, 0.1) is 0 Å². The van der Waals surface area contributed by atoms with Gasteiger partial charge < -0.3 is 10.5 Å². The van der Waals surface area contributed by atoms with Gasteiger partial charge in [-0.25, -0.2) is 0 Å². The fourth-order valence-corrected chi connectivity index (χ4v) is 1.01. The van der Waals surface area contributed by atoms with Gasteiger partial charge in [-0.2, -0.15) is 0 Å². The van der Waals surface area contributed by atoms with Crippen LogP contribution in [0.3, 0.4) is 0 Å². The lowest BCUT2D eigenvalue weighted by Gasteiger charge is -2.08. The van der Waals surface area contributed by atoms with Gasteiger partial charge >= 0.3 is 5.97 Å². The third-order valence-electron chi connectivity index (χ3n) is 1.37. The van der Waals surface area contributed by atoms with Crippen LogP contribution in [0.2, 0.25) is 0 Å². The second kappa shape index (κ2) is 6.84. The maximum Gasteiger partial charge on any atom is 0.323 e. The maximum absolute atomic E-state index is 10.9. The van der Waals surface area contributed by atoms with Crippen molar-refractivity contribution in [2.75, 3.05) is 4.61 Å². The van der Waals surface area contributed by atoms with Crippen LogP contribution < -0.4 is 5.73 Å². The van der Waals surface area contributed by atoms with Crippen LogP contribution in [0.5, 0.6) is 0 Å². The minimum Gasteiger partial charge on any atom is -0.454 e. The molecule has 0 heterocycles. The highest BCUT2D eigenvalue weighted by atomic mass is 127. The highest BCUT2D eigenvalue weighted by molar-refractivity contribution is 14.1. The minimum absolute atomic E-state index is 0.284. The molecule has 0 radical (unpaired) electrons. The first kappa shape index (κ1) is 11.2. The summed E-state index contributed by atoms with van der Waals surface area (Å²) < 4.78 is 5.11. The van der Waals surface area contributed by atoms with E-state index in [2.05, 4.69) is 6.92 Å². The molecule has 2 N–H and O–H groups in total. The predicted octanol–water partition coefficient (Wildman–Crippen LogP) is 1.44. The van der Waals surface area contributed by atoms with Gasteiger partial charge in [0.1, 0.15) is 10.7 Å². The number of carbonyl (C=O) groups excluding carboxylic acids is 1. The number of halogens is 1. The molecule has 0 aliphatic rings. The van der Waals surface area contributed by atoms with Crippen molar-refractivity contribution in [2.45, 2.75) is 32.2 Å². The molecule has 1 atom stereocenters. The molecule has 4 heteroatoms. The van der Waals surface area contributed by atoms with Crippen LogP contribution in [0.4, 0.5) is 0 Å². The first-order chi connectivity index (χ1) is 5.22. The van der Waals surface area contributed by atoms with Crippen LogP contribution in [0.1, 0.15) is 26.2 Å². The Balaban J connectivity index is 3.46. The SMILES string of the molecule is CCCCC(N)C(=O)OCI. The Hall–Kier alpha value is 0.160. The quantitative estimate of drug-likeness (QED) is 0.467.